The summed E-state index contributed by atoms with van der Waals surface area (Å²) in [7, 11) is 1.83. The minimum absolute atomic E-state index is 0.0919. The van der Waals surface area contributed by atoms with Crippen LogP contribution >= 0.6 is 11.8 Å². The molecule has 0 heterocycles. The van der Waals surface area contributed by atoms with Crippen LogP contribution in [-0.2, 0) is 0 Å². The zero-order valence-electron chi connectivity index (χ0n) is 17.2. The molecule has 0 aliphatic rings. The van der Waals surface area contributed by atoms with Gasteiger partial charge in [-0.05, 0) is 36.2 Å². The Labute approximate surface area is 182 Å². The summed E-state index contributed by atoms with van der Waals surface area (Å²) in [6.07, 6.45) is 1.82. The van der Waals surface area contributed by atoms with Crippen molar-refractivity contribution in [2.24, 2.45) is 0 Å². The van der Waals surface area contributed by atoms with E-state index in [1.165, 1.54) is 17.3 Å². The molecule has 0 saturated carbocycles. The zero-order chi connectivity index (χ0) is 21.3. The maximum absolute atomic E-state index is 12.7. The highest BCUT2D eigenvalue weighted by molar-refractivity contribution is 7.99. The summed E-state index contributed by atoms with van der Waals surface area (Å²) < 4.78 is 0. The lowest BCUT2D eigenvalue weighted by Gasteiger charge is -2.17. The minimum Gasteiger partial charge on any atom is -0.387 e. The summed E-state index contributed by atoms with van der Waals surface area (Å²) in [5, 5.41) is 6.23. The van der Waals surface area contributed by atoms with Crippen molar-refractivity contribution in [2.75, 3.05) is 18.9 Å². The van der Waals surface area contributed by atoms with E-state index in [0.717, 1.165) is 28.2 Å². The third kappa shape index (κ3) is 5.30. The average Bonchev–Trinajstić information content (AvgIpc) is 2.80. The number of carbonyl (C=O) groups excluding carboxylic acids is 2. The number of anilines is 1. The van der Waals surface area contributed by atoms with Crippen molar-refractivity contribution in [1.29, 1.82) is 0 Å². The van der Waals surface area contributed by atoms with Crippen molar-refractivity contribution < 1.29 is 9.59 Å². The molecule has 3 rings (SSSR count). The van der Waals surface area contributed by atoms with E-state index in [-0.39, 0.29) is 11.8 Å². The maximum atomic E-state index is 12.7. The van der Waals surface area contributed by atoms with Crippen LogP contribution in [0.1, 0.15) is 45.5 Å². The highest BCUT2D eigenvalue weighted by Gasteiger charge is 2.14. The fourth-order valence-corrected chi connectivity index (χ4v) is 4.31. The molecule has 1 amide bonds. The molecule has 0 aliphatic carbocycles. The number of amides is 1. The second-order valence-electron chi connectivity index (χ2n) is 6.94. The van der Waals surface area contributed by atoms with Crippen LogP contribution in [0.25, 0.3) is 0 Å². The summed E-state index contributed by atoms with van der Waals surface area (Å²) in [6.45, 7) is 2.73. The summed E-state index contributed by atoms with van der Waals surface area (Å²) in [6, 6.07) is 23.3. The van der Waals surface area contributed by atoms with Gasteiger partial charge < -0.3 is 10.6 Å². The topological polar surface area (TPSA) is 58.2 Å². The molecule has 0 spiro atoms. The fourth-order valence-electron chi connectivity index (χ4n) is 3.29. The van der Waals surface area contributed by atoms with E-state index in [1.54, 1.807) is 6.07 Å². The molecule has 0 saturated heterocycles. The molecule has 0 aromatic heterocycles. The van der Waals surface area contributed by atoms with Crippen molar-refractivity contribution in [3.8, 4) is 0 Å². The van der Waals surface area contributed by atoms with Crippen molar-refractivity contribution >= 4 is 29.6 Å². The third-order valence-electron chi connectivity index (χ3n) is 5.05. The fraction of sp³-hybridized carbons (Fsp3) is 0.200. The van der Waals surface area contributed by atoms with Gasteiger partial charge in [0.25, 0.3) is 5.91 Å². The molecule has 0 fully saturated rings. The first-order chi connectivity index (χ1) is 14.7. The SMILES string of the molecule is CCC(CNC(=O)c1ccc(Sc2ccccc2C=O)c(NC)c1)c1ccccc1. The minimum atomic E-state index is -0.0919. The molecule has 2 N–H and O–H groups in total. The van der Waals surface area contributed by atoms with Gasteiger partial charge >= 0.3 is 0 Å². The van der Waals surface area contributed by atoms with E-state index in [4.69, 9.17) is 0 Å². The summed E-state index contributed by atoms with van der Waals surface area (Å²) >= 11 is 1.50. The molecule has 5 heteroatoms. The van der Waals surface area contributed by atoms with Crippen LogP contribution in [0.5, 0.6) is 0 Å². The van der Waals surface area contributed by atoms with E-state index in [0.29, 0.717) is 17.7 Å². The van der Waals surface area contributed by atoms with Crippen LogP contribution in [0, 0.1) is 0 Å². The maximum Gasteiger partial charge on any atom is 0.251 e. The quantitative estimate of drug-likeness (QED) is 0.443. The Balaban J connectivity index is 1.72. The largest absolute Gasteiger partial charge is 0.387 e. The van der Waals surface area contributed by atoms with Crippen molar-refractivity contribution in [3.05, 3.63) is 89.5 Å². The van der Waals surface area contributed by atoms with E-state index in [9.17, 15) is 9.59 Å². The molecule has 30 heavy (non-hydrogen) atoms. The van der Waals surface area contributed by atoms with Crippen molar-refractivity contribution in [3.63, 3.8) is 0 Å². The van der Waals surface area contributed by atoms with Gasteiger partial charge in [0.1, 0.15) is 0 Å². The number of rotatable bonds is 9. The van der Waals surface area contributed by atoms with Crippen LogP contribution < -0.4 is 10.6 Å². The van der Waals surface area contributed by atoms with Crippen LogP contribution in [0.15, 0.2) is 82.6 Å². The second kappa shape index (κ2) is 10.6. The zero-order valence-corrected chi connectivity index (χ0v) is 18.0. The Morgan fingerprint density at radius 2 is 1.73 bits per heavy atom. The van der Waals surface area contributed by atoms with Crippen molar-refractivity contribution in [1.82, 2.24) is 5.32 Å². The second-order valence-corrected chi connectivity index (χ2v) is 8.03. The van der Waals surface area contributed by atoms with Gasteiger partial charge in [-0.15, -0.1) is 0 Å². The van der Waals surface area contributed by atoms with E-state index in [2.05, 4.69) is 29.7 Å². The molecular weight excluding hydrogens is 392 g/mol. The number of hydrogen-bond donors (Lipinski definition) is 2. The van der Waals surface area contributed by atoms with E-state index in [1.807, 2.05) is 61.6 Å². The lowest BCUT2D eigenvalue weighted by atomic mass is 9.96. The number of benzene rings is 3. The number of hydrogen-bond acceptors (Lipinski definition) is 4. The van der Waals surface area contributed by atoms with Crippen molar-refractivity contribution in [2.45, 2.75) is 29.1 Å². The number of aldehydes is 1. The Hall–Kier alpha value is -3.05. The smallest absolute Gasteiger partial charge is 0.251 e. The molecule has 0 radical (unpaired) electrons. The molecule has 0 aliphatic heterocycles. The molecular formula is C25H26N2O2S. The lowest BCUT2D eigenvalue weighted by Crippen LogP contribution is -2.28. The normalized spacial score (nSPS) is 11.5. The molecule has 1 atom stereocenters. The number of carbonyl (C=O) groups is 2. The van der Waals surface area contributed by atoms with Crippen LogP contribution in [0.4, 0.5) is 5.69 Å². The first-order valence-electron chi connectivity index (χ1n) is 10.0. The molecule has 154 valence electrons. The van der Waals surface area contributed by atoms with Crippen LogP contribution in [-0.4, -0.2) is 25.8 Å². The van der Waals surface area contributed by atoms with E-state index >= 15 is 0 Å². The molecule has 3 aromatic carbocycles. The van der Waals surface area contributed by atoms with Gasteiger partial charge in [0.15, 0.2) is 6.29 Å². The van der Waals surface area contributed by atoms with Gasteiger partial charge in [0.2, 0.25) is 0 Å². The van der Waals surface area contributed by atoms with Gasteiger partial charge in [-0.2, -0.15) is 0 Å². The summed E-state index contributed by atoms with van der Waals surface area (Å²) in [5.74, 6) is 0.194. The van der Waals surface area contributed by atoms with Gasteiger partial charge in [-0.25, -0.2) is 0 Å². The monoisotopic (exact) mass is 418 g/mol. The number of nitrogens with one attached hydrogen (secondary N) is 2. The van der Waals surface area contributed by atoms with Crippen LogP contribution in [0.2, 0.25) is 0 Å². The average molecular weight is 419 g/mol. The summed E-state index contributed by atoms with van der Waals surface area (Å²) in [4.78, 5) is 25.9. The highest BCUT2D eigenvalue weighted by atomic mass is 32.2. The third-order valence-corrected chi connectivity index (χ3v) is 6.22. The van der Waals surface area contributed by atoms with Gasteiger partial charge in [0.05, 0.1) is 0 Å². The Kier molecular flexibility index (Phi) is 7.69. The lowest BCUT2D eigenvalue weighted by molar-refractivity contribution is 0.0950. The Morgan fingerprint density at radius 1 is 1.00 bits per heavy atom. The van der Waals surface area contributed by atoms with Gasteiger partial charge in [-0.3, -0.25) is 9.59 Å². The Bertz CT molecular complexity index is 1010. The standard InChI is InChI=1S/C25H26N2O2S/c1-3-18(19-9-5-4-6-10-19)16-27-25(29)20-13-14-24(22(15-20)26-2)30-23-12-8-7-11-21(23)17-28/h4-15,17-18,26H,3,16H2,1-2H3,(H,27,29). The molecule has 1 unspecified atom stereocenters. The van der Waals surface area contributed by atoms with Gasteiger partial charge in [0, 0.05) is 46.1 Å². The predicted octanol–water partition coefficient (Wildman–Crippen LogP) is 5.62. The summed E-state index contributed by atoms with van der Waals surface area (Å²) in [5.41, 5.74) is 3.34. The predicted molar refractivity (Wildman–Crippen MR) is 124 cm³/mol. The van der Waals surface area contributed by atoms with E-state index < -0.39 is 0 Å². The first kappa shape index (κ1) is 21.7. The highest BCUT2D eigenvalue weighted by Crippen LogP contribution is 2.35. The van der Waals surface area contributed by atoms with Crippen LogP contribution in [0.3, 0.4) is 0 Å². The first-order valence-corrected chi connectivity index (χ1v) is 10.8. The molecule has 4 nitrogen and oxygen atoms in total. The molecule has 3 aromatic rings. The molecule has 0 bridgehead atoms. The van der Waals surface area contributed by atoms with Gasteiger partial charge in [-0.1, -0.05) is 67.2 Å². The Morgan fingerprint density at radius 3 is 2.43 bits per heavy atom.